The predicted molar refractivity (Wildman–Crippen MR) is 73.0 cm³/mol. The van der Waals surface area contributed by atoms with Crippen LogP contribution in [-0.2, 0) is 16.0 Å². The lowest BCUT2D eigenvalue weighted by Gasteiger charge is -1.99. The molecule has 2 heterocycles. The van der Waals surface area contributed by atoms with Gasteiger partial charge in [0, 0.05) is 12.5 Å². The molecule has 0 spiro atoms. The monoisotopic (exact) mass is 308 g/mol. The summed E-state index contributed by atoms with van der Waals surface area (Å²) < 4.78 is 4.74. The first-order valence-corrected chi connectivity index (χ1v) is 5.84. The Kier molecular flexibility index (Phi) is 6.62. The van der Waals surface area contributed by atoms with Gasteiger partial charge in [0.2, 0.25) is 0 Å². The van der Waals surface area contributed by atoms with E-state index in [0.29, 0.717) is 12.2 Å². The second-order valence-corrected chi connectivity index (χ2v) is 3.54. The third kappa shape index (κ3) is 6.70. The molecule has 0 amide bonds. The minimum atomic E-state index is -0.802. The molecule has 0 radical (unpaired) electrons. The van der Waals surface area contributed by atoms with Gasteiger partial charge in [-0.2, -0.15) is 0 Å². The van der Waals surface area contributed by atoms with Gasteiger partial charge in [-0.05, 0) is 0 Å². The van der Waals surface area contributed by atoms with E-state index in [9.17, 15) is 19.2 Å². The largest absolute Gasteiger partial charge is 0.462 e. The van der Waals surface area contributed by atoms with Crippen LogP contribution in [0.3, 0.4) is 0 Å². The molecule has 2 aromatic rings. The molecule has 11 heteroatoms. The van der Waals surface area contributed by atoms with Crippen molar-refractivity contribution >= 4 is 5.97 Å². The zero-order valence-electron chi connectivity index (χ0n) is 11.2. The van der Waals surface area contributed by atoms with Crippen molar-refractivity contribution in [1.82, 2.24) is 29.9 Å². The van der Waals surface area contributed by atoms with Gasteiger partial charge in [0.15, 0.2) is 0 Å². The predicted octanol–water partition coefficient (Wildman–Crippen LogP) is -2.11. The molecule has 116 valence electrons. The molecule has 11 nitrogen and oxygen atoms in total. The number of rotatable bonds is 4. The lowest BCUT2D eigenvalue weighted by atomic mass is 10.4. The van der Waals surface area contributed by atoms with Crippen molar-refractivity contribution in [3.05, 3.63) is 62.6 Å². The quantitative estimate of drug-likeness (QED) is 0.427. The Morgan fingerprint density at radius 1 is 1.09 bits per heavy atom. The molecule has 3 N–H and O–H groups in total. The van der Waals surface area contributed by atoms with E-state index >= 15 is 0 Å². The number of carbonyl (C=O) groups excluding carboxylic acids is 1. The number of nitrogens with zero attached hydrogens (tertiary/aromatic N) is 3. The van der Waals surface area contributed by atoms with Crippen LogP contribution in [0.25, 0.3) is 0 Å². The van der Waals surface area contributed by atoms with Gasteiger partial charge in [-0.25, -0.2) is 34.1 Å². The van der Waals surface area contributed by atoms with Crippen molar-refractivity contribution in [2.75, 3.05) is 6.61 Å². The van der Waals surface area contributed by atoms with Crippen molar-refractivity contribution in [2.24, 2.45) is 0 Å². The van der Waals surface area contributed by atoms with Crippen LogP contribution in [0.5, 0.6) is 0 Å². The first kappa shape index (κ1) is 16.7. The molecular formula is C11H12N6O5. The summed E-state index contributed by atoms with van der Waals surface area (Å²) in [6.45, 7) is 3.53. The molecule has 0 aromatic carbocycles. The van der Waals surface area contributed by atoms with E-state index in [1.54, 1.807) is 15.0 Å². The summed E-state index contributed by atoms with van der Waals surface area (Å²) in [6, 6.07) is 0. The topological polar surface area (TPSA) is 164 Å². The van der Waals surface area contributed by atoms with Crippen molar-refractivity contribution in [1.29, 1.82) is 0 Å². The Morgan fingerprint density at radius 3 is 2.05 bits per heavy atom. The summed E-state index contributed by atoms with van der Waals surface area (Å²) in [6.07, 6.45) is 4.41. The highest BCUT2D eigenvalue weighted by Crippen LogP contribution is 1.89. The molecule has 2 rings (SSSR count). The maximum absolute atomic E-state index is 10.6. The smallest absolute Gasteiger partial charge is 0.330 e. The summed E-state index contributed by atoms with van der Waals surface area (Å²) in [5.41, 5.74) is -2.41. The molecule has 0 aliphatic rings. The SMILES string of the molecule is C=CC(=O)OCCc1ncncn1.O=c1[nH]c(=O)[nH]c(=O)[nH]1. The Morgan fingerprint density at radius 2 is 1.59 bits per heavy atom. The number of hydrogen-bond acceptors (Lipinski definition) is 8. The molecule has 0 fully saturated rings. The van der Waals surface area contributed by atoms with Gasteiger partial charge in [-0.15, -0.1) is 0 Å². The maximum Gasteiger partial charge on any atom is 0.330 e. The zero-order valence-corrected chi connectivity index (χ0v) is 11.2. The Labute approximate surface area is 122 Å². The van der Waals surface area contributed by atoms with Crippen LogP contribution in [0.4, 0.5) is 0 Å². The second kappa shape index (κ2) is 8.73. The number of aromatic nitrogens is 6. The van der Waals surface area contributed by atoms with Gasteiger partial charge in [0.05, 0.1) is 6.61 Å². The van der Waals surface area contributed by atoms with Crippen LogP contribution in [0.2, 0.25) is 0 Å². The third-order valence-electron chi connectivity index (χ3n) is 1.96. The van der Waals surface area contributed by atoms with E-state index in [4.69, 9.17) is 4.74 Å². The number of ether oxygens (including phenoxy) is 1. The van der Waals surface area contributed by atoms with Crippen molar-refractivity contribution < 1.29 is 9.53 Å². The van der Waals surface area contributed by atoms with Crippen LogP contribution in [-0.4, -0.2) is 42.5 Å². The molecule has 0 atom stereocenters. The van der Waals surface area contributed by atoms with Crippen LogP contribution in [0.15, 0.2) is 39.7 Å². The fourth-order valence-corrected chi connectivity index (χ4v) is 1.10. The molecular weight excluding hydrogens is 296 g/mol. The number of hydrogen-bond donors (Lipinski definition) is 3. The van der Waals surface area contributed by atoms with Crippen molar-refractivity contribution in [3.8, 4) is 0 Å². The van der Waals surface area contributed by atoms with E-state index in [1.165, 1.54) is 12.7 Å². The van der Waals surface area contributed by atoms with E-state index in [1.807, 2.05) is 0 Å². The zero-order chi connectivity index (χ0) is 16.4. The van der Waals surface area contributed by atoms with Crippen LogP contribution >= 0.6 is 0 Å². The second-order valence-electron chi connectivity index (χ2n) is 3.54. The maximum atomic E-state index is 10.6. The molecule has 22 heavy (non-hydrogen) atoms. The van der Waals surface area contributed by atoms with E-state index in [-0.39, 0.29) is 6.61 Å². The number of aromatic amines is 3. The van der Waals surface area contributed by atoms with Crippen LogP contribution in [0.1, 0.15) is 5.82 Å². The van der Waals surface area contributed by atoms with E-state index in [2.05, 4.69) is 21.5 Å². The first-order valence-electron chi connectivity index (χ1n) is 5.84. The lowest BCUT2D eigenvalue weighted by Crippen LogP contribution is -2.34. The van der Waals surface area contributed by atoms with Gasteiger partial charge >= 0.3 is 23.0 Å². The van der Waals surface area contributed by atoms with Gasteiger partial charge in [-0.1, -0.05) is 6.58 Å². The Bertz CT molecular complexity index is 699. The summed E-state index contributed by atoms with van der Waals surface area (Å²) in [7, 11) is 0. The third-order valence-corrected chi connectivity index (χ3v) is 1.96. The van der Waals surface area contributed by atoms with E-state index in [0.717, 1.165) is 6.08 Å². The molecule has 0 aliphatic heterocycles. The lowest BCUT2D eigenvalue weighted by molar-refractivity contribution is -0.137. The molecule has 2 aromatic heterocycles. The number of H-pyrrole nitrogens is 3. The van der Waals surface area contributed by atoms with Crippen LogP contribution in [0, 0.1) is 0 Å². The standard InChI is InChI=1S/C8H9N3O2.C3H3N3O3/c1-2-8(12)13-4-3-7-10-5-9-6-11-7;7-1-4-2(8)6-3(9)5-1/h2,5-6H,1,3-4H2;(H3,4,5,6,7,8,9). The fraction of sp³-hybridized carbons (Fsp3) is 0.182. The number of nitrogens with one attached hydrogen (secondary N) is 3. The first-order chi connectivity index (χ1) is 10.5. The van der Waals surface area contributed by atoms with Gasteiger partial charge in [0.1, 0.15) is 18.5 Å². The van der Waals surface area contributed by atoms with Crippen molar-refractivity contribution in [2.45, 2.75) is 6.42 Å². The minimum absolute atomic E-state index is 0.259. The van der Waals surface area contributed by atoms with Crippen molar-refractivity contribution in [3.63, 3.8) is 0 Å². The van der Waals surface area contributed by atoms with E-state index < -0.39 is 23.0 Å². The highest BCUT2D eigenvalue weighted by atomic mass is 16.5. The average Bonchev–Trinajstić information content (AvgIpc) is 2.47. The van der Waals surface area contributed by atoms with Gasteiger partial charge < -0.3 is 4.74 Å². The average molecular weight is 308 g/mol. The molecule has 0 saturated heterocycles. The Balaban J connectivity index is 0.000000235. The summed E-state index contributed by atoms with van der Waals surface area (Å²) in [4.78, 5) is 57.9. The highest BCUT2D eigenvalue weighted by Gasteiger charge is 1.98. The summed E-state index contributed by atoms with van der Waals surface area (Å²) in [5.74, 6) is 0.168. The summed E-state index contributed by atoms with van der Waals surface area (Å²) in [5, 5.41) is 0. The van der Waals surface area contributed by atoms with Crippen LogP contribution < -0.4 is 17.1 Å². The minimum Gasteiger partial charge on any atom is -0.462 e. The molecule has 0 aliphatic carbocycles. The number of esters is 1. The normalized spacial score (nSPS) is 9.27. The summed E-state index contributed by atoms with van der Waals surface area (Å²) >= 11 is 0. The fourth-order valence-electron chi connectivity index (χ4n) is 1.10. The highest BCUT2D eigenvalue weighted by molar-refractivity contribution is 5.81. The Hall–Kier alpha value is -3.37. The molecule has 0 bridgehead atoms. The molecule has 0 saturated carbocycles. The van der Waals surface area contributed by atoms with Gasteiger partial charge in [0.25, 0.3) is 0 Å². The molecule has 0 unspecified atom stereocenters. The number of carbonyl (C=O) groups is 1. The van der Waals surface area contributed by atoms with Gasteiger partial charge in [-0.3, -0.25) is 15.0 Å².